The second kappa shape index (κ2) is 7.75. The molecule has 1 aromatic carbocycles. The Morgan fingerprint density at radius 3 is 2.62 bits per heavy atom. The Morgan fingerprint density at radius 1 is 1.10 bits per heavy atom. The van der Waals surface area contributed by atoms with Gasteiger partial charge >= 0.3 is 0 Å². The smallest absolute Gasteiger partial charge is 0.256 e. The van der Waals surface area contributed by atoms with Gasteiger partial charge in [-0.05, 0) is 50.2 Å². The number of hydrogen-bond donors (Lipinski definition) is 0. The molecule has 152 valence electrons. The van der Waals surface area contributed by atoms with E-state index in [1.807, 2.05) is 30.0 Å². The first-order chi connectivity index (χ1) is 14.2. The Balaban J connectivity index is 1.27. The Bertz CT molecular complexity index is 890. The van der Waals surface area contributed by atoms with Crippen LogP contribution in [0.5, 0.6) is 0 Å². The maximum absolute atomic E-state index is 13.2. The van der Waals surface area contributed by atoms with Gasteiger partial charge in [-0.2, -0.15) is 0 Å². The van der Waals surface area contributed by atoms with Gasteiger partial charge in [-0.3, -0.25) is 4.79 Å². The predicted molar refractivity (Wildman–Crippen MR) is 111 cm³/mol. The standard InChI is InChI=1S/C23H28N4O2/c1-16-14-21(25-15-24-16)27(18-6-7-18)19-8-11-26(12-9-19)23(28)22-20-5-3-2-4-17(20)10-13-29-22/h2-5,14-15,18-19,22H,6-13H2,1H3. The fourth-order valence-electron chi connectivity index (χ4n) is 4.74. The number of piperidine rings is 1. The topological polar surface area (TPSA) is 58.6 Å². The van der Waals surface area contributed by atoms with Crippen LogP contribution in [0.25, 0.3) is 0 Å². The average Bonchev–Trinajstić information content (AvgIpc) is 3.59. The van der Waals surface area contributed by atoms with Crippen LogP contribution in [-0.4, -0.2) is 52.6 Å². The summed E-state index contributed by atoms with van der Waals surface area (Å²) in [6, 6.07) is 11.3. The van der Waals surface area contributed by atoms with Crippen molar-refractivity contribution >= 4 is 11.7 Å². The van der Waals surface area contributed by atoms with Crippen molar-refractivity contribution in [1.29, 1.82) is 0 Å². The maximum Gasteiger partial charge on any atom is 0.256 e. The number of hydrogen-bond acceptors (Lipinski definition) is 5. The molecule has 29 heavy (non-hydrogen) atoms. The SMILES string of the molecule is Cc1cc(N(C2CC2)C2CCN(C(=O)C3OCCc4ccccc43)CC2)ncn1. The van der Waals surface area contributed by atoms with Crippen LogP contribution in [0.4, 0.5) is 5.82 Å². The molecule has 0 N–H and O–H groups in total. The van der Waals surface area contributed by atoms with Crippen LogP contribution >= 0.6 is 0 Å². The largest absolute Gasteiger partial charge is 0.363 e. The molecule has 2 aromatic rings. The van der Waals surface area contributed by atoms with Gasteiger partial charge in [-0.15, -0.1) is 0 Å². The molecule has 5 rings (SSSR count). The van der Waals surface area contributed by atoms with Gasteiger partial charge in [-0.25, -0.2) is 9.97 Å². The third-order valence-electron chi connectivity index (χ3n) is 6.38. The molecule has 2 fully saturated rings. The van der Waals surface area contributed by atoms with E-state index in [0.717, 1.165) is 49.4 Å². The maximum atomic E-state index is 13.2. The third-order valence-corrected chi connectivity index (χ3v) is 6.38. The van der Waals surface area contributed by atoms with Crippen LogP contribution < -0.4 is 4.90 Å². The molecule has 3 aliphatic rings. The van der Waals surface area contributed by atoms with Crippen molar-refractivity contribution in [3.8, 4) is 0 Å². The summed E-state index contributed by atoms with van der Waals surface area (Å²) < 4.78 is 5.91. The first-order valence-corrected chi connectivity index (χ1v) is 10.8. The summed E-state index contributed by atoms with van der Waals surface area (Å²) >= 11 is 0. The minimum absolute atomic E-state index is 0.117. The van der Waals surface area contributed by atoms with Crippen molar-refractivity contribution in [3.05, 3.63) is 53.5 Å². The zero-order valence-electron chi connectivity index (χ0n) is 17.0. The number of amides is 1. The molecule has 1 saturated carbocycles. The molecule has 1 unspecified atom stereocenters. The highest BCUT2D eigenvalue weighted by atomic mass is 16.5. The lowest BCUT2D eigenvalue weighted by molar-refractivity contribution is -0.146. The molecule has 1 amide bonds. The number of rotatable bonds is 4. The lowest BCUT2D eigenvalue weighted by Crippen LogP contribution is -2.49. The molecule has 1 saturated heterocycles. The number of carbonyl (C=O) groups excluding carboxylic acids is 1. The summed E-state index contributed by atoms with van der Waals surface area (Å²) in [5.41, 5.74) is 3.29. The van der Waals surface area contributed by atoms with Crippen molar-refractivity contribution in [1.82, 2.24) is 14.9 Å². The molecule has 0 spiro atoms. The lowest BCUT2D eigenvalue weighted by Gasteiger charge is -2.40. The minimum Gasteiger partial charge on any atom is -0.363 e. The summed E-state index contributed by atoms with van der Waals surface area (Å²) in [6.45, 7) is 4.18. The van der Waals surface area contributed by atoms with Gasteiger partial charge < -0.3 is 14.5 Å². The summed E-state index contributed by atoms with van der Waals surface area (Å²) in [5.74, 6) is 1.15. The van der Waals surface area contributed by atoms with Crippen LogP contribution in [0.3, 0.4) is 0 Å². The zero-order valence-corrected chi connectivity index (χ0v) is 17.0. The lowest BCUT2D eigenvalue weighted by atomic mass is 9.95. The van der Waals surface area contributed by atoms with Gasteiger partial charge in [0.05, 0.1) is 6.61 Å². The first kappa shape index (κ1) is 18.6. The van der Waals surface area contributed by atoms with Gasteiger partial charge in [0.25, 0.3) is 5.91 Å². The highest BCUT2D eigenvalue weighted by Gasteiger charge is 2.38. The van der Waals surface area contributed by atoms with Crippen molar-refractivity contribution in [2.45, 2.75) is 57.2 Å². The van der Waals surface area contributed by atoms with Crippen LogP contribution in [0.1, 0.15) is 48.6 Å². The number of benzene rings is 1. The van der Waals surface area contributed by atoms with Crippen molar-refractivity contribution < 1.29 is 9.53 Å². The monoisotopic (exact) mass is 392 g/mol. The second-order valence-corrected chi connectivity index (χ2v) is 8.41. The number of ether oxygens (including phenoxy) is 1. The Hall–Kier alpha value is -2.47. The molecule has 1 aliphatic carbocycles. The van der Waals surface area contributed by atoms with Crippen molar-refractivity contribution in [2.75, 3.05) is 24.6 Å². The Kier molecular flexibility index (Phi) is 4.96. The van der Waals surface area contributed by atoms with E-state index in [4.69, 9.17) is 4.74 Å². The number of aryl methyl sites for hydroxylation is 1. The van der Waals surface area contributed by atoms with Crippen LogP contribution in [0, 0.1) is 6.92 Å². The number of nitrogens with zero attached hydrogens (tertiary/aromatic N) is 4. The number of aromatic nitrogens is 2. The fraction of sp³-hybridized carbons (Fsp3) is 0.522. The molecule has 1 atom stereocenters. The molecule has 6 nitrogen and oxygen atoms in total. The molecule has 1 aromatic heterocycles. The van der Waals surface area contributed by atoms with Gasteiger partial charge in [0, 0.05) is 36.9 Å². The van der Waals surface area contributed by atoms with Gasteiger partial charge in [0.2, 0.25) is 0 Å². The summed E-state index contributed by atoms with van der Waals surface area (Å²) in [7, 11) is 0. The van der Waals surface area contributed by atoms with E-state index < -0.39 is 6.10 Å². The molecule has 0 radical (unpaired) electrons. The number of fused-ring (bicyclic) bond motifs is 1. The van der Waals surface area contributed by atoms with E-state index in [9.17, 15) is 4.79 Å². The van der Waals surface area contributed by atoms with Crippen molar-refractivity contribution in [3.63, 3.8) is 0 Å². The number of likely N-dealkylation sites (tertiary alicyclic amines) is 1. The zero-order chi connectivity index (χ0) is 19.8. The first-order valence-electron chi connectivity index (χ1n) is 10.8. The highest BCUT2D eigenvalue weighted by molar-refractivity contribution is 5.83. The fourth-order valence-corrected chi connectivity index (χ4v) is 4.74. The van der Waals surface area contributed by atoms with Gasteiger partial charge in [0.1, 0.15) is 12.1 Å². The van der Waals surface area contributed by atoms with E-state index in [-0.39, 0.29) is 5.91 Å². The summed E-state index contributed by atoms with van der Waals surface area (Å²) in [6.07, 6.45) is 6.51. The average molecular weight is 393 g/mol. The Labute approximate surface area is 171 Å². The predicted octanol–water partition coefficient (Wildman–Crippen LogP) is 3.06. The molecular formula is C23H28N4O2. The molecule has 0 bridgehead atoms. The van der Waals surface area contributed by atoms with E-state index in [1.54, 1.807) is 6.33 Å². The summed E-state index contributed by atoms with van der Waals surface area (Å²) in [5, 5.41) is 0. The normalized spacial score (nSPS) is 22.2. The minimum atomic E-state index is -0.444. The Morgan fingerprint density at radius 2 is 1.86 bits per heavy atom. The van der Waals surface area contributed by atoms with E-state index in [1.165, 1.54) is 18.4 Å². The number of carbonyl (C=O) groups is 1. The molecule has 2 aliphatic heterocycles. The molecular weight excluding hydrogens is 364 g/mol. The number of anilines is 1. The van der Waals surface area contributed by atoms with Gasteiger partial charge in [-0.1, -0.05) is 24.3 Å². The second-order valence-electron chi connectivity index (χ2n) is 8.41. The molecule has 6 heteroatoms. The van der Waals surface area contributed by atoms with Crippen LogP contribution in [-0.2, 0) is 16.0 Å². The highest BCUT2D eigenvalue weighted by Crippen LogP contribution is 2.36. The molecule has 3 heterocycles. The summed E-state index contributed by atoms with van der Waals surface area (Å²) in [4.78, 5) is 26.5. The van der Waals surface area contributed by atoms with E-state index in [0.29, 0.717) is 18.7 Å². The van der Waals surface area contributed by atoms with Crippen LogP contribution in [0.2, 0.25) is 0 Å². The quantitative estimate of drug-likeness (QED) is 0.800. The van der Waals surface area contributed by atoms with Crippen molar-refractivity contribution in [2.24, 2.45) is 0 Å². The van der Waals surface area contributed by atoms with Crippen LogP contribution in [0.15, 0.2) is 36.7 Å². The van der Waals surface area contributed by atoms with E-state index >= 15 is 0 Å². The van der Waals surface area contributed by atoms with Gasteiger partial charge in [0.15, 0.2) is 6.10 Å². The third kappa shape index (κ3) is 3.73. The van der Waals surface area contributed by atoms with E-state index in [2.05, 4.69) is 27.0 Å².